The summed E-state index contributed by atoms with van der Waals surface area (Å²) in [4.78, 5) is 37.2. The standard InChI is InChI=1S/C13H12N4O2S/c1-17-3-2-6-8(5-17)20-12-9(6)10-7(4-14-12)11(18)16-13(19)15-10/h4H,2-3,5H2,1H3,(H2,15,16,18,19). The molecule has 20 heavy (non-hydrogen) atoms. The van der Waals surface area contributed by atoms with Gasteiger partial charge < -0.3 is 9.88 Å². The SMILES string of the molecule is CN1CCc2c(sc3ncc4c(=O)[nH]c(=O)[nH]c4c23)C1. The first-order valence-corrected chi connectivity index (χ1v) is 7.19. The van der Waals surface area contributed by atoms with E-state index < -0.39 is 5.69 Å². The average molecular weight is 288 g/mol. The topological polar surface area (TPSA) is 81.8 Å². The first-order chi connectivity index (χ1) is 9.63. The Balaban J connectivity index is 2.19. The van der Waals surface area contributed by atoms with E-state index in [0.717, 1.165) is 29.7 Å². The van der Waals surface area contributed by atoms with E-state index >= 15 is 0 Å². The second-order valence-corrected chi connectivity index (χ2v) is 6.21. The van der Waals surface area contributed by atoms with Crippen molar-refractivity contribution in [3.05, 3.63) is 37.5 Å². The summed E-state index contributed by atoms with van der Waals surface area (Å²) >= 11 is 1.64. The molecule has 0 atom stereocenters. The van der Waals surface area contributed by atoms with Crippen LogP contribution in [-0.2, 0) is 13.0 Å². The molecule has 0 saturated heterocycles. The van der Waals surface area contributed by atoms with E-state index in [1.54, 1.807) is 11.3 Å². The van der Waals surface area contributed by atoms with Crippen molar-refractivity contribution in [1.29, 1.82) is 0 Å². The number of fused-ring (bicyclic) bond motifs is 5. The van der Waals surface area contributed by atoms with Crippen LogP contribution in [0.2, 0.25) is 0 Å². The van der Waals surface area contributed by atoms with Crippen LogP contribution in [0.15, 0.2) is 15.8 Å². The normalized spacial score (nSPS) is 15.8. The van der Waals surface area contributed by atoms with Gasteiger partial charge >= 0.3 is 5.69 Å². The molecular formula is C13H12N4O2S. The predicted molar refractivity (Wildman–Crippen MR) is 78.4 cm³/mol. The van der Waals surface area contributed by atoms with Crippen molar-refractivity contribution in [3.8, 4) is 0 Å². The van der Waals surface area contributed by atoms with Crippen LogP contribution in [0.25, 0.3) is 21.1 Å². The van der Waals surface area contributed by atoms with Gasteiger partial charge in [0.1, 0.15) is 4.83 Å². The van der Waals surface area contributed by atoms with Crippen molar-refractivity contribution in [2.75, 3.05) is 13.6 Å². The van der Waals surface area contributed by atoms with Crippen molar-refractivity contribution in [2.45, 2.75) is 13.0 Å². The van der Waals surface area contributed by atoms with Gasteiger partial charge in [-0.3, -0.25) is 9.78 Å². The van der Waals surface area contributed by atoms with E-state index in [-0.39, 0.29) is 5.56 Å². The Kier molecular flexibility index (Phi) is 2.36. The number of H-pyrrole nitrogens is 2. The third kappa shape index (κ3) is 1.56. The van der Waals surface area contributed by atoms with Gasteiger partial charge in [0.2, 0.25) is 0 Å². The molecule has 0 spiro atoms. The molecule has 0 aliphatic carbocycles. The van der Waals surface area contributed by atoms with E-state index in [1.807, 2.05) is 0 Å². The molecular weight excluding hydrogens is 276 g/mol. The maximum absolute atomic E-state index is 11.9. The summed E-state index contributed by atoms with van der Waals surface area (Å²) in [5, 5.41) is 1.38. The van der Waals surface area contributed by atoms with Gasteiger partial charge in [-0.15, -0.1) is 11.3 Å². The summed E-state index contributed by atoms with van der Waals surface area (Å²) in [5.41, 5.74) is 0.988. The van der Waals surface area contributed by atoms with E-state index in [2.05, 4.69) is 26.9 Å². The molecule has 3 aromatic heterocycles. The molecule has 6 nitrogen and oxygen atoms in total. The van der Waals surface area contributed by atoms with E-state index in [0.29, 0.717) is 10.9 Å². The quantitative estimate of drug-likeness (QED) is 0.641. The van der Waals surface area contributed by atoms with E-state index in [4.69, 9.17) is 0 Å². The molecule has 0 radical (unpaired) electrons. The molecule has 1 aliphatic rings. The third-order valence-corrected chi connectivity index (χ3v) is 4.89. The van der Waals surface area contributed by atoms with Gasteiger partial charge in [-0.1, -0.05) is 0 Å². The van der Waals surface area contributed by atoms with Crippen LogP contribution < -0.4 is 11.2 Å². The lowest BCUT2D eigenvalue weighted by atomic mass is 10.0. The molecule has 4 rings (SSSR count). The molecule has 1 aliphatic heterocycles. The zero-order valence-electron chi connectivity index (χ0n) is 10.8. The number of aromatic amines is 2. The highest BCUT2D eigenvalue weighted by Gasteiger charge is 2.21. The fourth-order valence-corrected chi connectivity index (χ4v) is 4.08. The average Bonchev–Trinajstić information content (AvgIpc) is 2.75. The van der Waals surface area contributed by atoms with Crippen molar-refractivity contribution >= 4 is 32.5 Å². The van der Waals surface area contributed by atoms with Crippen molar-refractivity contribution in [1.82, 2.24) is 19.9 Å². The fourth-order valence-electron chi connectivity index (χ4n) is 2.81. The van der Waals surface area contributed by atoms with E-state index in [1.165, 1.54) is 16.6 Å². The molecule has 7 heteroatoms. The molecule has 0 bridgehead atoms. The largest absolute Gasteiger partial charge is 0.326 e. The zero-order chi connectivity index (χ0) is 13.9. The number of hydrogen-bond donors (Lipinski definition) is 2. The van der Waals surface area contributed by atoms with Gasteiger partial charge in [0.05, 0.1) is 10.9 Å². The van der Waals surface area contributed by atoms with Crippen LogP contribution in [0.5, 0.6) is 0 Å². The Morgan fingerprint density at radius 1 is 1.35 bits per heavy atom. The Hall–Kier alpha value is -1.99. The van der Waals surface area contributed by atoms with Crippen LogP contribution in [0.1, 0.15) is 10.4 Å². The first-order valence-electron chi connectivity index (χ1n) is 6.37. The number of likely N-dealkylation sites (N-methyl/N-ethyl adjacent to an activating group) is 1. The molecule has 2 N–H and O–H groups in total. The molecule has 0 aromatic carbocycles. The Morgan fingerprint density at radius 2 is 2.20 bits per heavy atom. The van der Waals surface area contributed by atoms with Gasteiger partial charge in [-0.05, 0) is 19.0 Å². The van der Waals surface area contributed by atoms with Gasteiger partial charge in [-0.25, -0.2) is 9.78 Å². The predicted octanol–water partition coefficient (Wildman–Crippen LogP) is 0.814. The lowest BCUT2D eigenvalue weighted by Gasteiger charge is -2.22. The number of pyridine rings is 1. The maximum Gasteiger partial charge on any atom is 0.326 e. The second kappa shape index (κ2) is 4.00. The van der Waals surface area contributed by atoms with Crippen LogP contribution in [-0.4, -0.2) is 33.4 Å². The van der Waals surface area contributed by atoms with Gasteiger partial charge in [0.15, 0.2) is 0 Å². The van der Waals surface area contributed by atoms with Crippen LogP contribution in [0.4, 0.5) is 0 Å². The number of nitrogens with zero attached hydrogens (tertiary/aromatic N) is 2. The van der Waals surface area contributed by atoms with Crippen molar-refractivity contribution in [2.24, 2.45) is 0 Å². The Labute approximate surface area is 117 Å². The Morgan fingerprint density at radius 3 is 3.05 bits per heavy atom. The third-order valence-electron chi connectivity index (χ3n) is 3.77. The van der Waals surface area contributed by atoms with Gasteiger partial charge in [0, 0.05) is 29.5 Å². The maximum atomic E-state index is 11.9. The van der Waals surface area contributed by atoms with Crippen LogP contribution in [0, 0.1) is 0 Å². The van der Waals surface area contributed by atoms with Gasteiger partial charge in [0.25, 0.3) is 5.56 Å². The summed E-state index contributed by atoms with van der Waals surface area (Å²) in [6.07, 6.45) is 2.46. The summed E-state index contributed by atoms with van der Waals surface area (Å²) in [6.45, 7) is 1.87. The highest BCUT2D eigenvalue weighted by atomic mass is 32.1. The number of thiophene rings is 1. The van der Waals surface area contributed by atoms with E-state index in [9.17, 15) is 9.59 Å². The van der Waals surface area contributed by atoms with Crippen molar-refractivity contribution < 1.29 is 0 Å². The molecule has 0 unspecified atom stereocenters. The number of aromatic nitrogens is 3. The minimum absolute atomic E-state index is 0.383. The smallest absolute Gasteiger partial charge is 0.306 e. The molecule has 0 amide bonds. The number of hydrogen-bond acceptors (Lipinski definition) is 5. The summed E-state index contributed by atoms with van der Waals surface area (Å²) in [5.74, 6) is 0. The highest BCUT2D eigenvalue weighted by Crippen LogP contribution is 2.36. The summed E-state index contributed by atoms with van der Waals surface area (Å²) in [7, 11) is 2.09. The minimum Gasteiger partial charge on any atom is -0.306 e. The monoisotopic (exact) mass is 288 g/mol. The lowest BCUT2D eigenvalue weighted by molar-refractivity contribution is 0.318. The van der Waals surface area contributed by atoms with Crippen molar-refractivity contribution in [3.63, 3.8) is 0 Å². The second-order valence-electron chi connectivity index (χ2n) is 5.13. The zero-order valence-corrected chi connectivity index (χ0v) is 11.6. The fraction of sp³-hybridized carbons (Fsp3) is 0.308. The molecule has 0 saturated carbocycles. The molecule has 0 fully saturated rings. The van der Waals surface area contributed by atoms with Crippen LogP contribution in [0.3, 0.4) is 0 Å². The number of rotatable bonds is 0. The molecule has 4 heterocycles. The lowest BCUT2D eigenvalue weighted by Crippen LogP contribution is -2.25. The Bertz CT molecular complexity index is 953. The molecule has 102 valence electrons. The summed E-state index contributed by atoms with van der Waals surface area (Å²) in [6, 6.07) is 0. The first kappa shape index (κ1) is 11.8. The summed E-state index contributed by atoms with van der Waals surface area (Å²) < 4.78 is 0. The molecule has 3 aromatic rings. The minimum atomic E-state index is -0.470. The number of nitrogens with one attached hydrogen (secondary N) is 2. The van der Waals surface area contributed by atoms with Crippen LogP contribution >= 0.6 is 11.3 Å². The van der Waals surface area contributed by atoms with Gasteiger partial charge in [-0.2, -0.15) is 0 Å². The highest BCUT2D eigenvalue weighted by molar-refractivity contribution is 7.19.